The maximum Gasteiger partial charge on any atom is 0.0693 e. The number of rotatable bonds is 4. The summed E-state index contributed by atoms with van der Waals surface area (Å²) in [6, 6.07) is 8.14. The fraction of sp³-hybridized carbons (Fsp3) is 0.625. The van der Waals surface area contributed by atoms with Crippen LogP contribution in [0.1, 0.15) is 38.3 Å². The molecule has 0 aliphatic carbocycles. The molecule has 1 saturated heterocycles. The van der Waals surface area contributed by atoms with Crippen molar-refractivity contribution in [3.8, 4) is 0 Å². The van der Waals surface area contributed by atoms with Crippen molar-refractivity contribution < 1.29 is 5.11 Å². The van der Waals surface area contributed by atoms with Crippen molar-refractivity contribution in [1.29, 1.82) is 0 Å². The lowest BCUT2D eigenvalue weighted by Crippen LogP contribution is -2.49. The molecule has 1 aromatic carbocycles. The average Bonchev–Trinajstić information content (AvgIpc) is 2.45. The topological polar surface area (TPSA) is 49.5 Å². The van der Waals surface area contributed by atoms with E-state index < -0.39 is 0 Å². The van der Waals surface area contributed by atoms with Crippen molar-refractivity contribution in [2.75, 3.05) is 13.1 Å². The van der Waals surface area contributed by atoms with Crippen molar-refractivity contribution in [1.82, 2.24) is 4.90 Å². The third kappa shape index (κ3) is 3.53. The van der Waals surface area contributed by atoms with Crippen LogP contribution in [-0.4, -0.2) is 35.2 Å². The molecular weight excluding hydrogens is 272 g/mol. The largest absolute Gasteiger partial charge is 0.392 e. The number of nitrogens with two attached hydrogens (primary N) is 1. The van der Waals surface area contributed by atoms with Crippen molar-refractivity contribution in [3.63, 3.8) is 0 Å². The quantitative estimate of drug-likeness (QED) is 0.898. The molecule has 0 aromatic heterocycles. The molecule has 0 spiro atoms. The third-order valence-electron chi connectivity index (χ3n) is 4.43. The van der Waals surface area contributed by atoms with Gasteiger partial charge in [0.1, 0.15) is 0 Å². The average molecular weight is 297 g/mol. The van der Waals surface area contributed by atoms with Crippen LogP contribution in [0.4, 0.5) is 0 Å². The molecule has 1 aliphatic rings. The van der Waals surface area contributed by atoms with Gasteiger partial charge in [-0.1, -0.05) is 37.6 Å². The highest BCUT2D eigenvalue weighted by molar-refractivity contribution is 6.30. The van der Waals surface area contributed by atoms with E-state index in [1.165, 1.54) is 5.56 Å². The minimum absolute atomic E-state index is 0.0665. The number of hydrogen-bond acceptors (Lipinski definition) is 3. The monoisotopic (exact) mass is 296 g/mol. The summed E-state index contributed by atoms with van der Waals surface area (Å²) in [6.07, 6.45) is 1.67. The Morgan fingerprint density at radius 3 is 2.60 bits per heavy atom. The molecule has 1 heterocycles. The predicted molar refractivity (Wildman–Crippen MR) is 83.8 cm³/mol. The van der Waals surface area contributed by atoms with E-state index in [0.717, 1.165) is 24.4 Å². The van der Waals surface area contributed by atoms with E-state index in [2.05, 4.69) is 18.7 Å². The normalized spacial score (nSPS) is 27.2. The van der Waals surface area contributed by atoms with Crippen LogP contribution in [-0.2, 0) is 0 Å². The first kappa shape index (κ1) is 15.8. The minimum Gasteiger partial charge on any atom is -0.392 e. The zero-order valence-electron chi connectivity index (χ0n) is 12.3. The summed E-state index contributed by atoms with van der Waals surface area (Å²) in [5.41, 5.74) is 7.53. The minimum atomic E-state index is -0.261. The number of aliphatic hydroxyl groups is 1. The Balaban J connectivity index is 2.21. The molecule has 1 aliphatic heterocycles. The molecule has 0 amide bonds. The Morgan fingerprint density at radius 2 is 2.05 bits per heavy atom. The summed E-state index contributed by atoms with van der Waals surface area (Å²) >= 11 is 5.97. The van der Waals surface area contributed by atoms with E-state index in [9.17, 15) is 5.11 Å². The Labute approximate surface area is 126 Å². The summed E-state index contributed by atoms with van der Waals surface area (Å²) in [7, 11) is 0. The molecule has 3 nitrogen and oxygen atoms in total. The molecule has 1 aromatic rings. The zero-order valence-corrected chi connectivity index (χ0v) is 13.1. The molecule has 0 saturated carbocycles. The van der Waals surface area contributed by atoms with Crippen LogP contribution in [0.2, 0.25) is 5.02 Å². The second-order valence-corrected chi connectivity index (χ2v) is 6.33. The van der Waals surface area contributed by atoms with Gasteiger partial charge in [0.25, 0.3) is 0 Å². The zero-order chi connectivity index (χ0) is 14.7. The van der Waals surface area contributed by atoms with Gasteiger partial charge < -0.3 is 10.8 Å². The summed E-state index contributed by atoms with van der Waals surface area (Å²) < 4.78 is 0. The number of hydrogen-bond donors (Lipinski definition) is 2. The first-order valence-corrected chi connectivity index (χ1v) is 7.84. The Morgan fingerprint density at radius 1 is 1.40 bits per heavy atom. The molecule has 1 fully saturated rings. The number of nitrogens with zero attached hydrogens (tertiary/aromatic N) is 1. The van der Waals surface area contributed by atoms with E-state index in [-0.39, 0.29) is 18.2 Å². The first-order chi connectivity index (χ1) is 9.52. The number of benzene rings is 1. The number of piperidine rings is 1. The number of β-amino-alcohol motifs (C(OH)–C–C–N with tert-alkyl or cyclic N) is 1. The molecule has 4 heteroatoms. The second-order valence-electron chi connectivity index (χ2n) is 5.90. The van der Waals surface area contributed by atoms with Crippen LogP contribution in [0.25, 0.3) is 0 Å². The Hall–Kier alpha value is -0.610. The van der Waals surface area contributed by atoms with Crippen molar-refractivity contribution in [2.24, 2.45) is 11.7 Å². The van der Waals surface area contributed by atoms with Crippen LogP contribution in [0.15, 0.2) is 24.3 Å². The van der Waals surface area contributed by atoms with Crippen molar-refractivity contribution in [3.05, 3.63) is 34.9 Å². The SMILES string of the molecule is CCC(N)C(c1ccc(Cl)cc1)N1CCC(C)C(O)C1. The maximum absolute atomic E-state index is 10.1. The molecule has 0 radical (unpaired) electrons. The lowest BCUT2D eigenvalue weighted by atomic mass is 9.90. The molecule has 112 valence electrons. The fourth-order valence-corrected chi connectivity index (χ4v) is 3.06. The fourth-order valence-electron chi connectivity index (χ4n) is 2.94. The van der Waals surface area contributed by atoms with Gasteiger partial charge in [-0.2, -0.15) is 0 Å². The first-order valence-electron chi connectivity index (χ1n) is 7.46. The number of aliphatic hydroxyl groups excluding tert-OH is 1. The second kappa shape index (κ2) is 6.90. The number of halogens is 1. The summed E-state index contributed by atoms with van der Waals surface area (Å²) in [4.78, 5) is 2.32. The molecule has 4 atom stereocenters. The van der Waals surface area contributed by atoms with Crippen LogP contribution < -0.4 is 5.73 Å². The Kier molecular flexibility index (Phi) is 5.44. The van der Waals surface area contributed by atoms with Gasteiger partial charge in [-0.3, -0.25) is 4.90 Å². The molecule has 0 bridgehead atoms. The maximum atomic E-state index is 10.1. The van der Waals surface area contributed by atoms with E-state index >= 15 is 0 Å². The summed E-state index contributed by atoms with van der Waals surface area (Å²) in [6.45, 7) is 5.90. The van der Waals surface area contributed by atoms with Crippen molar-refractivity contribution in [2.45, 2.75) is 44.9 Å². The highest BCUT2D eigenvalue weighted by Crippen LogP contribution is 2.30. The van der Waals surface area contributed by atoms with E-state index in [0.29, 0.717) is 12.5 Å². The van der Waals surface area contributed by atoms with Crippen LogP contribution in [0.3, 0.4) is 0 Å². The number of likely N-dealkylation sites (tertiary alicyclic amines) is 1. The summed E-state index contributed by atoms with van der Waals surface area (Å²) in [5, 5.41) is 10.9. The van der Waals surface area contributed by atoms with Gasteiger partial charge in [0.2, 0.25) is 0 Å². The molecule has 4 unspecified atom stereocenters. The van der Waals surface area contributed by atoms with Gasteiger partial charge in [-0.05, 0) is 43.0 Å². The van der Waals surface area contributed by atoms with Gasteiger partial charge in [0.15, 0.2) is 0 Å². The van der Waals surface area contributed by atoms with Gasteiger partial charge in [0.05, 0.1) is 6.10 Å². The van der Waals surface area contributed by atoms with Gasteiger partial charge in [-0.15, -0.1) is 0 Å². The van der Waals surface area contributed by atoms with E-state index in [1.807, 2.05) is 24.3 Å². The molecule has 3 N–H and O–H groups in total. The Bertz CT molecular complexity index is 423. The smallest absolute Gasteiger partial charge is 0.0693 e. The standard InChI is InChI=1S/C16H25ClN2O/c1-3-14(18)16(12-4-6-13(17)7-5-12)19-9-8-11(2)15(20)10-19/h4-7,11,14-16,20H,3,8-10,18H2,1-2H3. The lowest BCUT2D eigenvalue weighted by molar-refractivity contribution is 0.00396. The third-order valence-corrected chi connectivity index (χ3v) is 4.68. The van der Waals surface area contributed by atoms with Gasteiger partial charge in [0, 0.05) is 23.7 Å². The van der Waals surface area contributed by atoms with Crippen LogP contribution >= 0.6 is 11.6 Å². The van der Waals surface area contributed by atoms with Crippen LogP contribution in [0.5, 0.6) is 0 Å². The van der Waals surface area contributed by atoms with Crippen LogP contribution in [0, 0.1) is 5.92 Å². The summed E-state index contributed by atoms with van der Waals surface area (Å²) in [5.74, 6) is 0.370. The van der Waals surface area contributed by atoms with Gasteiger partial charge >= 0.3 is 0 Å². The van der Waals surface area contributed by atoms with Gasteiger partial charge in [-0.25, -0.2) is 0 Å². The highest BCUT2D eigenvalue weighted by Gasteiger charge is 2.32. The predicted octanol–water partition coefficient (Wildman–Crippen LogP) is 2.82. The molecule has 2 rings (SSSR count). The van der Waals surface area contributed by atoms with E-state index in [4.69, 9.17) is 17.3 Å². The van der Waals surface area contributed by atoms with E-state index in [1.54, 1.807) is 0 Å². The van der Waals surface area contributed by atoms with Crippen molar-refractivity contribution >= 4 is 11.6 Å². The molecular formula is C16H25ClN2O. The molecule has 20 heavy (non-hydrogen) atoms. The lowest BCUT2D eigenvalue weighted by Gasteiger charge is -2.41. The highest BCUT2D eigenvalue weighted by atomic mass is 35.5.